The molecule has 1 aromatic heterocycles. The van der Waals surface area contributed by atoms with E-state index in [0.29, 0.717) is 0 Å². The molecule has 158 valence electrons. The van der Waals surface area contributed by atoms with Gasteiger partial charge in [-0.25, -0.2) is 4.98 Å². The lowest BCUT2D eigenvalue weighted by Crippen LogP contribution is -2.01. The van der Waals surface area contributed by atoms with Crippen LogP contribution in [0.15, 0.2) is 84.9 Å². The molecule has 5 rings (SSSR count). The summed E-state index contributed by atoms with van der Waals surface area (Å²) in [6.45, 7) is 0. The maximum atomic E-state index is 6.19. The largest absolute Gasteiger partial charge is 0.248 e. The van der Waals surface area contributed by atoms with Crippen LogP contribution in [0.3, 0.4) is 0 Å². The third kappa shape index (κ3) is 4.50. The number of hydrogen-bond donors (Lipinski definition) is 0. The normalized spacial score (nSPS) is 14.8. The summed E-state index contributed by atoms with van der Waals surface area (Å²) < 4.78 is 0. The van der Waals surface area contributed by atoms with Crippen molar-refractivity contribution in [1.29, 1.82) is 0 Å². The quantitative estimate of drug-likeness (QED) is 0.280. The van der Waals surface area contributed by atoms with Crippen LogP contribution in [0.5, 0.6) is 0 Å². The van der Waals surface area contributed by atoms with Crippen LogP contribution in [0, 0.1) is 0 Å². The first-order valence-corrected chi connectivity index (χ1v) is 11.7. The van der Waals surface area contributed by atoms with Crippen LogP contribution in [0.1, 0.15) is 36.1 Å². The second-order valence-electron chi connectivity index (χ2n) is 8.18. The highest BCUT2D eigenvalue weighted by atomic mass is 35.5. The Morgan fingerprint density at radius 2 is 1.34 bits per heavy atom. The van der Waals surface area contributed by atoms with Crippen molar-refractivity contribution in [2.24, 2.45) is 0 Å². The van der Waals surface area contributed by atoms with Crippen LogP contribution in [-0.4, -0.2) is 4.98 Å². The summed E-state index contributed by atoms with van der Waals surface area (Å²) >= 11 is 12.3. The van der Waals surface area contributed by atoms with Gasteiger partial charge in [0.25, 0.3) is 0 Å². The molecule has 0 atom stereocenters. The molecule has 0 fully saturated rings. The van der Waals surface area contributed by atoms with Crippen LogP contribution in [0.2, 0.25) is 10.0 Å². The van der Waals surface area contributed by atoms with Gasteiger partial charge in [0.15, 0.2) is 0 Å². The molecule has 0 spiro atoms. The molecule has 4 aromatic rings. The molecule has 0 amide bonds. The second kappa shape index (κ2) is 9.32. The van der Waals surface area contributed by atoms with Gasteiger partial charge in [0.05, 0.1) is 11.4 Å². The molecule has 3 heteroatoms. The van der Waals surface area contributed by atoms with E-state index in [1.165, 1.54) is 22.3 Å². The Balaban J connectivity index is 1.73. The summed E-state index contributed by atoms with van der Waals surface area (Å²) in [7, 11) is 0. The molecule has 1 heterocycles. The second-order valence-corrected chi connectivity index (χ2v) is 9.06. The number of fused-ring (bicyclic) bond motifs is 1. The van der Waals surface area contributed by atoms with E-state index in [-0.39, 0.29) is 0 Å². The van der Waals surface area contributed by atoms with E-state index in [1.807, 2.05) is 30.3 Å². The standard InChI is InChI=1S/C29H23Cl2N/c30-24-14-10-20(11-15-24)18-23-8-4-5-9-26-27(21-12-16-25(31)17-13-21)19-28(32-29(23)26)22-6-2-1-3-7-22/h1-3,6-7,10-19H,4-5,8-9H2/b23-18-. The highest BCUT2D eigenvalue weighted by Gasteiger charge is 2.20. The maximum absolute atomic E-state index is 6.19. The van der Waals surface area contributed by atoms with Gasteiger partial charge in [0.2, 0.25) is 0 Å². The van der Waals surface area contributed by atoms with E-state index < -0.39 is 0 Å². The monoisotopic (exact) mass is 455 g/mol. The van der Waals surface area contributed by atoms with E-state index in [2.05, 4.69) is 60.7 Å². The van der Waals surface area contributed by atoms with Gasteiger partial charge in [0, 0.05) is 15.6 Å². The number of aromatic nitrogens is 1. The zero-order valence-corrected chi connectivity index (χ0v) is 19.2. The minimum atomic E-state index is 0.750. The summed E-state index contributed by atoms with van der Waals surface area (Å²) in [5, 5.41) is 1.50. The molecule has 0 radical (unpaired) electrons. The van der Waals surface area contributed by atoms with Crippen LogP contribution in [-0.2, 0) is 6.42 Å². The Bertz CT molecular complexity index is 1260. The maximum Gasteiger partial charge on any atom is 0.0715 e. The van der Waals surface area contributed by atoms with Crippen molar-refractivity contribution < 1.29 is 0 Å². The SMILES string of the molecule is Clc1ccc(/C=C2/CCCCc3c(-c4ccc(Cl)cc4)cc(-c4ccccc4)nc32)cc1. The molecule has 0 aliphatic heterocycles. The summed E-state index contributed by atoms with van der Waals surface area (Å²) in [6, 6.07) is 28.8. The van der Waals surface area contributed by atoms with Crippen molar-refractivity contribution in [3.63, 3.8) is 0 Å². The first-order valence-electron chi connectivity index (χ1n) is 11.0. The van der Waals surface area contributed by atoms with Gasteiger partial charge in [-0.3, -0.25) is 0 Å². The first kappa shape index (κ1) is 21.0. The number of pyridine rings is 1. The van der Waals surface area contributed by atoms with Crippen molar-refractivity contribution in [1.82, 2.24) is 4.98 Å². The van der Waals surface area contributed by atoms with E-state index >= 15 is 0 Å². The molecule has 1 nitrogen and oxygen atoms in total. The Hall–Kier alpha value is -2.87. The van der Waals surface area contributed by atoms with Crippen molar-refractivity contribution in [2.75, 3.05) is 0 Å². The molecule has 0 unspecified atom stereocenters. The Kier molecular flexibility index (Phi) is 6.12. The molecule has 1 aliphatic carbocycles. The van der Waals surface area contributed by atoms with Crippen LogP contribution in [0.25, 0.3) is 34.0 Å². The third-order valence-electron chi connectivity index (χ3n) is 5.99. The lowest BCUT2D eigenvalue weighted by molar-refractivity contribution is 0.772. The van der Waals surface area contributed by atoms with Gasteiger partial charge >= 0.3 is 0 Å². The zero-order valence-electron chi connectivity index (χ0n) is 17.7. The van der Waals surface area contributed by atoms with E-state index in [1.54, 1.807) is 0 Å². The average molecular weight is 456 g/mol. The highest BCUT2D eigenvalue weighted by Crippen LogP contribution is 2.38. The fourth-order valence-corrected chi connectivity index (χ4v) is 4.62. The number of benzene rings is 3. The van der Waals surface area contributed by atoms with Crippen LogP contribution >= 0.6 is 23.2 Å². The Morgan fingerprint density at radius 3 is 2.06 bits per heavy atom. The summed E-state index contributed by atoms with van der Waals surface area (Å²) in [5.74, 6) is 0. The summed E-state index contributed by atoms with van der Waals surface area (Å²) in [5.41, 5.74) is 9.42. The third-order valence-corrected chi connectivity index (χ3v) is 6.49. The van der Waals surface area contributed by atoms with Crippen molar-refractivity contribution in [3.05, 3.63) is 112 Å². The minimum absolute atomic E-state index is 0.750. The number of halogens is 2. The van der Waals surface area contributed by atoms with Crippen LogP contribution in [0.4, 0.5) is 0 Å². The van der Waals surface area contributed by atoms with Gasteiger partial charge in [-0.05, 0) is 89.9 Å². The van der Waals surface area contributed by atoms with Gasteiger partial charge in [-0.1, -0.05) is 77.8 Å². The average Bonchev–Trinajstić information content (AvgIpc) is 3.03. The molecule has 0 saturated heterocycles. The first-order chi connectivity index (χ1) is 15.7. The van der Waals surface area contributed by atoms with Gasteiger partial charge in [-0.15, -0.1) is 0 Å². The zero-order chi connectivity index (χ0) is 21.9. The van der Waals surface area contributed by atoms with Gasteiger partial charge < -0.3 is 0 Å². The highest BCUT2D eigenvalue weighted by molar-refractivity contribution is 6.30. The van der Waals surface area contributed by atoms with Crippen molar-refractivity contribution in [2.45, 2.75) is 25.7 Å². The van der Waals surface area contributed by atoms with E-state index in [0.717, 1.165) is 58.2 Å². The van der Waals surface area contributed by atoms with Crippen LogP contribution < -0.4 is 0 Å². The van der Waals surface area contributed by atoms with Gasteiger partial charge in [-0.2, -0.15) is 0 Å². The molecular formula is C29H23Cl2N. The van der Waals surface area contributed by atoms with Crippen molar-refractivity contribution in [3.8, 4) is 22.4 Å². The topological polar surface area (TPSA) is 12.9 Å². The fourth-order valence-electron chi connectivity index (χ4n) is 4.37. The van der Waals surface area contributed by atoms with E-state index in [4.69, 9.17) is 28.2 Å². The molecule has 0 saturated carbocycles. The number of allylic oxidation sites excluding steroid dienone is 1. The lowest BCUT2D eigenvalue weighted by atomic mass is 9.92. The predicted molar refractivity (Wildman–Crippen MR) is 137 cm³/mol. The molecule has 32 heavy (non-hydrogen) atoms. The number of nitrogens with zero attached hydrogens (tertiary/aromatic N) is 1. The van der Waals surface area contributed by atoms with E-state index in [9.17, 15) is 0 Å². The molecule has 3 aromatic carbocycles. The minimum Gasteiger partial charge on any atom is -0.248 e. The predicted octanol–water partition coefficient (Wildman–Crippen LogP) is 8.99. The fraction of sp³-hybridized carbons (Fsp3) is 0.138. The van der Waals surface area contributed by atoms with Crippen molar-refractivity contribution >= 4 is 34.9 Å². The molecule has 1 aliphatic rings. The van der Waals surface area contributed by atoms with Gasteiger partial charge in [0.1, 0.15) is 0 Å². The molecule has 0 bridgehead atoms. The smallest absolute Gasteiger partial charge is 0.0715 e. The number of rotatable bonds is 3. The lowest BCUT2D eigenvalue weighted by Gasteiger charge is -2.17. The number of hydrogen-bond acceptors (Lipinski definition) is 1. The molecular weight excluding hydrogens is 433 g/mol. The summed E-state index contributed by atoms with van der Waals surface area (Å²) in [6.07, 6.45) is 6.61. The Labute approximate surface area is 199 Å². The molecule has 0 N–H and O–H groups in total. The Morgan fingerprint density at radius 1 is 0.688 bits per heavy atom. The summed E-state index contributed by atoms with van der Waals surface area (Å²) in [4.78, 5) is 5.22.